The van der Waals surface area contributed by atoms with Gasteiger partial charge < -0.3 is 20.5 Å². The third-order valence-electron chi connectivity index (χ3n) is 3.04. The molecule has 1 rings (SSSR count). The Labute approximate surface area is 107 Å². The summed E-state index contributed by atoms with van der Waals surface area (Å²) in [5, 5.41) is 14.1. The van der Waals surface area contributed by atoms with E-state index in [-0.39, 0.29) is 11.6 Å². The van der Waals surface area contributed by atoms with Crippen LogP contribution in [0, 0.1) is 0 Å². The van der Waals surface area contributed by atoms with Gasteiger partial charge in [0.2, 0.25) is 0 Å². The van der Waals surface area contributed by atoms with Crippen LogP contribution in [0.25, 0.3) is 0 Å². The Bertz CT molecular complexity index is 317. The van der Waals surface area contributed by atoms with Crippen LogP contribution in [-0.2, 0) is 9.53 Å². The third kappa shape index (κ3) is 4.52. The summed E-state index contributed by atoms with van der Waals surface area (Å²) in [5.41, 5.74) is -0.243. The van der Waals surface area contributed by atoms with Crippen molar-refractivity contribution >= 4 is 12.0 Å². The van der Waals surface area contributed by atoms with E-state index in [1.54, 1.807) is 6.92 Å². The van der Waals surface area contributed by atoms with Crippen molar-refractivity contribution in [2.75, 3.05) is 6.61 Å². The van der Waals surface area contributed by atoms with E-state index in [2.05, 4.69) is 10.6 Å². The van der Waals surface area contributed by atoms with Crippen molar-refractivity contribution < 1.29 is 19.4 Å². The van der Waals surface area contributed by atoms with Gasteiger partial charge in [-0.3, -0.25) is 0 Å². The average molecular weight is 258 g/mol. The first-order chi connectivity index (χ1) is 8.34. The first kappa shape index (κ1) is 14.8. The fraction of sp³-hybridized carbons (Fsp3) is 0.833. The highest BCUT2D eigenvalue weighted by Gasteiger charge is 2.30. The van der Waals surface area contributed by atoms with Crippen LogP contribution in [0.2, 0.25) is 0 Å². The minimum absolute atomic E-state index is 0.0278. The minimum Gasteiger partial charge on any atom is -0.480 e. The third-order valence-corrected chi connectivity index (χ3v) is 3.04. The van der Waals surface area contributed by atoms with Crippen molar-refractivity contribution in [1.29, 1.82) is 0 Å². The van der Waals surface area contributed by atoms with Crippen LogP contribution in [0.5, 0.6) is 0 Å². The highest BCUT2D eigenvalue weighted by atomic mass is 16.5. The molecule has 2 amide bonds. The van der Waals surface area contributed by atoms with Gasteiger partial charge in [-0.05, 0) is 33.1 Å². The Balaban J connectivity index is 2.42. The van der Waals surface area contributed by atoms with Gasteiger partial charge in [0, 0.05) is 12.6 Å². The van der Waals surface area contributed by atoms with E-state index >= 15 is 0 Å². The number of carbonyl (C=O) groups excluding carboxylic acids is 1. The molecule has 3 N–H and O–H groups in total. The molecule has 0 aromatic heterocycles. The normalized spacial score (nSPS) is 24.1. The number of carboxylic acids is 1. The second-order valence-corrected chi connectivity index (χ2v) is 5.21. The molecule has 1 unspecified atom stereocenters. The van der Waals surface area contributed by atoms with Crippen LogP contribution in [0.15, 0.2) is 0 Å². The number of rotatable bonds is 4. The van der Waals surface area contributed by atoms with E-state index in [1.807, 2.05) is 13.8 Å². The number of amides is 2. The molecule has 6 heteroatoms. The van der Waals surface area contributed by atoms with Crippen molar-refractivity contribution in [2.45, 2.75) is 57.7 Å². The highest BCUT2D eigenvalue weighted by Crippen LogP contribution is 2.23. The molecule has 2 atom stereocenters. The maximum absolute atomic E-state index is 11.7. The molecule has 0 aromatic carbocycles. The van der Waals surface area contributed by atoms with Gasteiger partial charge in [0.05, 0.1) is 5.60 Å². The summed E-state index contributed by atoms with van der Waals surface area (Å²) in [5.74, 6) is -1.01. The molecule has 0 radical (unpaired) electrons. The minimum atomic E-state index is -1.01. The monoisotopic (exact) mass is 258 g/mol. The molecule has 1 saturated heterocycles. The Morgan fingerprint density at radius 2 is 2.17 bits per heavy atom. The van der Waals surface area contributed by atoms with E-state index in [4.69, 9.17) is 9.84 Å². The molecule has 104 valence electrons. The molecular weight excluding hydrogens is 236 g/mol. The number of hydrogen-bond donors (Lipinski definition) is 3. The van der Waals surface area contributed by atoms with Gasteiger partial charge in [0.15, 0.2) is 0 Å². The highest BCUT2D eigenvalue weighted by molar-refractivity contribution is 5.82. The number of carboxylic acid groups (broad SMARTS) is 1. The lowest BCUT2D eigenvalue weighted by Gasteiger charge is -2.35. The van der Waals surface area contributed by atoms with Crippen molar-refractivity contribution in [3.8, 4) is 0 Å². The molecule has 0 spiro atoms. The summed E-state index contributed by atoms with van der Waals surface area (Å²) in [7, 11) is 0. The maximum Gasteiger partial charge on any atom is 0.326 e. The second-order valence-electron chi connectivity index (χ2n) is 5.21. The van der Waals surface area contributed by atoms with Crippen LogP contribution in [-0.4, -0.2) is 41.4 Å². The molecule has 1 aliphatic heterocycles. The summed E-state index contributed by atoms with van der Waals surface area (Å²) >= 11 is 0. The van der Waals surface area contributed by atoms with Crippen molar-refractivity contribution in [3.63, 3.8) is 0 Å². The second kappa shape index (κ2) is 6.04. The molecule has 0 aliphatic carbocycles. The predicted molar refractivity (Wildman–Crippen MR) is 66.4 cm³/mol. The van der Waals surface area contributed by atoms with E-state index in [0.29, 0.717) is 13.0 Å². The zero-order valence-electron chi connectivity index (χ0n) is 11.2. The Hall–Kier alpha value is -1.30. The van der Waals surface area contributed by atoms with Crippen LogP contribution < -0.4 is 10.6 Å². The van der Waals surface area contributed by atoms with Gasteiger partial charge >= 0.3 is 12.0 Å². The number of nitrogens with one attached hydrogen (secondary N) is 2. The standard InChI is InChI=1S/C12H22N2O4/c1-4-9(10(15)16)14-11(17)13-8-5-6-18-12(2,3)7-8/h8-9H,4-7H2,1-3H3,(H,15,16)(H2,13,14,17)/t8?,9-/m0/s1. The lowest BCUT2D eigenvalue weighted by Crippen LogP contribution is -2.52. The number of aliphatic carboxylic acids is 1. The molecule has 1 fully saturated rings. The summed E-state index contributed by atoms with van der Waals surface area (Å²) in [6.07, 6.45) is 1.84. The number of ether oxygens (including phenoxy) is 1. The zero-order chi connectivity index (χ0) is 13.8. The van der Waals surface area contributed by atoms with Gasteiger partial charge in [-0.25, -0.2) is 9.59 Å². The molecule has 0 saturated carbocycles. The summed E-state index contributed by atoms with van der Waals surface area (Å²) in [6, 6.07) is -1.23. The summed E-state index contributed by atoms with van der Waals surface area (Å²) in [4.78, 5) is 22.5. The zero-order valence-corrected chi connectivity index (χ0v) is 11.2. The largest absolute Gasteiger partial charge is 0.480 e. The van der Waals surface area contributed by atoms with Crippen LogP contribution in [0.3, 0.4) is 0 Å². The van der Waals surface area contributed by atoms with Crippen LogP contribution >= 0.6 is 0 Å². The predicted octanol–water partition coefficient (Wildman–Crippen LogP) is 1.11. The van der Waals surface area contributed by atoms with Gasteiger partial charge in [0.1, 0.15) is 6.04 Å². The van der Waals surface area contributed by atoms with Crippen molar-refractivity contribution in [2.24, 2.45) is 0 Å². The molecule has 0 bridgehead atoms. The summed E-state index contributed by atoms with van der Waals surface area (Å²) in [6.45, 7) is 6.28. The van der Waals surface area contributed by atoms with Gasteiger partial charge in [-0.15, -0.1) is 0 Å². The maximum atomic E-state index is 11.7. The summed E-state index contributed by atoms with van der Waals surface area (Å²) < 4.78 is 5.55. The number of carbonyl (C=O) groups is 2. The molecule has 6 nitrogen and oxygen atoms in total. The van der Waals surface area contributed by atoms with Crippen LogP contribution in [0.4, 0.5) is 4.79 Å². The van der Waals surface area contributed by atoms with E-state index in [0.717, 1.165) is 12.8 Å². The topological polar surface area (TPSA) is 87.7 Å². The first-order valence-electron chi connectivity index (χ1n) is 6.28. The fourth-order valence-corrected chi connectivity index (χ4v) is 2.08. The van der Waals surface area contributed by atoms with Gasteiger partial charge in [-0.2, -0.15) is 0 Å². The number of hydrogen-bond acceptors (Lipinski definition) is 3. The van der Waals surface area contributed by atoms with E-state index in [1.165, 1.54) is 0 Å². The van der Waals surface area contributed by atoms with E-state index < -0.39 is 18.0 Å². The Morgan fingerprint density at radius 1 is 1.50 bits per heavy atom. The van der Waals surface area contributed by atoms with Crippen LogP contribution in [0.1, 0.15) is 40.0 Å². The van der Waals surface area contributed by atoms with E-state index in [9.17, 15) is 9.59 Å². The van der Waals surface area contributed by atoms with Gasteiger partial charge in [0.25, 0.3) is 0 Å². The molecule has 18 heavy (non-hydrogen) atoms. The average Bonchev–Trinajstić information content (AvgIpc) is 2.23. The number of urea groups is 1. The first-order valence-corrected chi connectivity index (χ1v) is 6.28. The molecule has 1 aliphatic rings. The lowest BCUT2D eigenvalue weighted by molar-refractivity contribution is -0.139. The lowest BCUT2D eigenvalue weighted by atomic mass is 9.94. The van der Waals surface area contributed by atoms with Crippen molar-refractivity contribution in [1.82, 2.24) is 10.6 Å². The molecular formula is C12H22N2O4. The SMILES string of the molecule is CC[C@H](NC(=O)NC1CCOC(C)(C)C1)C(=O)O. The molecule has 1 heterocycles. The quantitative estimate of drug-likeness (QED) is 0.704. The Morgan fingerprint density at radius 3 is 2.67 bits per heavy atom. The van der Waals surface area contributed by atoms with Crippen molar-refractivity contribution in [3.05, 3.63) is 0 Å². The van der Waals surface area contributed by atoms with Gasteiger partial charge in [-0.1, -0.05) is 6.92 Å². The smallest absolute Gasteiger partial charge is 0.326 e. The molecule has 0 aromatic rings. The fourth-order valence-electron chi connectivity index (χ4n) is 2.08. The Kier molecular flexibility index (Phi) is 4.95.